The molecule has 6 heteroatoms. The molecule has 3 N–H and O–H groups in total. The Bertz CT molecular complexity index is 878. The zero-order valence-corrected chi connectivity index (χ0v) is 12.4. The maximum atomic E-state index is 12.9. The summed E-state index contributed by atoms with van der Waals surface area (Å²) in [5, 5.41) is 10.0. The van der Waals surface area contributed by atoms with Gasteiger partial charge in [-0.1, -0.05) is 35.9 Å². The summed E-state index contributed by atoms with van der Waals surface area (Å²) in [5.74, 6) is 0.300. The number of fused-ring (bicyclic) bond motifs is 1. The first kappa shape index (κ1) is 14.7. The maximum Gasteiger partial charge on any atom is 0.267 e. The number of hydrogen-bond donors (Lipinski definition) is 2. The molecule has 0 saturated carbocycles. The molecule has 3 aromatic rings. The zero-order chi connectivity index (χ0) is 15.7. The van der Waals surface area contributed by atoms with E-state index in [1.165, 1.54) is 4.57 Å². The molecule has 0 aliphatic heterocycles. The van der Waals surface area contributed by atoms with Crippen molar-refractivity contribution >= 4 is 22.5 Å². The van der Waals surface area contributed by atoms with Crippen molar-refractivity contribution in [1.29, 1.82) is 0 Å². The predicted octanol–water partition coefficient (Wildman–Crippen LogP) is 2.03. The first-order valence-corrected chi connectivity index (χ1v) is 7.14. The number of aliphatic hydroxyl groups is 1. The zero-order valence-electron chi connectivity index (χ0n) is 11.6. The van der Waals surface area contributed by atoms with E-state index >= 15 is 0 Å². The van der Waals surface area contributed by atoms with Crippen molar-refractivity contribution in [3.8, 4) is 5.69 Å². The molecule has 1 aromatic heterocycles. The summed E-state index contributed by atoms with van der Waals surface area (Å²) >= 11 is 6.15. The van der Waals surface area contributed by atoms with Gasteiger partial charge in [0, 0.05) is 0 Å². The minimum absolute atomic E-state index is 0.300. The highest BCUT2D eigenvalue weighted by atomic mass is 35.5. The van der Waals surface area contributed by atoms with Crippen LogP contribution in [0.5, 0.6) is 0 Å². The molecule has 0 saturated heterocycles. The number of rotatable bonds is 3. The first-order chi connectivity index (χ1) is 10.6. The smallest absolute Gasteiger partial charge is 0.267 e. The molecule has 0 spiro atoms. The summed E-state index contributed by atoms with van der Waals surface area (Å²) in [5.41, 5.74) is 6.71. The molecule has 1 atom stereocenters. The number of halogens is 1. The average Bonchev–Trinajstić information content (AvgIpc) is 2.54. The Labute approximate surface area is 131 Å². The number of aromatic nitrogens is 2. The SMILES string of the molecule is N[C@@H](CO)c1nc2cccc(Cl)c2c(=O)n1-c1ccccc1. The molecule has 0 fully saturated rings. The Morgan fingerprint density at radius 3 is 2.59 bits per heavy atom. The molecular formula is C16H14ClN3O2. The van der Waals surface area contributed by atoms with Gasteiger partial charge < -0.3 is 10.8 Å². The van der Waals surface area contributed by atoms with E-state index in [9.17, 15) is 9.90 Å². The van der Waals surface area contributed by atoms with Gasteiger partial charge in [0.25, 0.3) is 5.56 Å². The minimum Gasteiger partial charge on any atom is -0.394 e. The molecule has 22 heavy (non-hydrogen) atoms. The van der Waals surface area contributed by atoms with Gasteiger partial charge in [-0.05, 0) is 24.3 Å². The molecule has 0 aliphatic rings. The van der Waals surface area contributed by atoms with Crippen LogP contribution in [-0.4, -0.2) is 21.3 Å². The van der Waals surface area contributed by atoms with Gasteiger partial charge in [-0.25, -0.2) is 4.98 Å². The van der Waals surface area contributed by atoms with E-state index in [1.807, 2.05) is 18.2 Å². The lowest BCUT2D eigenvalue weighted by molar-refractivity contribution is 0.262. The second-order valence-corrected chi connectivity index (χ2v) is 5.28. The van der Waals surface area contributed by atoms with Crippen LogP contribution in [0.2, 0.25) is 5.02 Å². The lowest BCUT2D eigenvalue weighted by Crippen LogP contribution is -2.30. The quantitative estimate of drug-likeness (QED) is 0.775. The third kappa shape index (κ3) is 2.39. The number of nitrogens with zero attached hydrogens (tertiary/aromatic N) is 2. The molecule has 0 aliphatic carbocycles. The Kier molecular flexibility index (Phi) is 3.94. The van der Waals surface area contributed by atoms with E-state index in [-0.39, 0.29) is 12.2 Å². The van der Waals surface area contributed by atoms with Crippen LogP contribution in [0.4, 0.5) is 0 Å². The van der Waals surface area contributed by atoms with E-state index in [0.29, 0.717) is 27.4 Å². The van der Waals surface area contributed by atoms with Gasteiger partial charge in [0.15, 0.2) is 0 Å². The molecule has 0 radical (unpaired) electrons. The van der Waals surface area contributed by atoms with Gasteiger partial charge in [0.1, 0.15) is 5.82 Å². The summed E-state index contributed by atoms with van der Waals surface area (Å²) < 4.78 is 1.40. The maximum absolute atomic E-state index is 12.9. The van der Waals surface area contributed by atoms with E-state index in [4.69, 9.17) is 17.3 Å². The van der Waals surface area contributed by atoms with Gasteiger partial charge >= 0.3 is 0 Å². The lowest BCUT2D eigenvalue weighted by Gasteiger charge is -2.17. The summed E-state index contributed by atoms with van der Waals surface area (Å²) in [7, 11) is 0. The van der Waals surface area contributed by atoms with Gasteiger partial charge in [-0.15, -0.1) is 0 Å². The summed E-state index contributed by atoms with van der Waals surface area (Å²) in [6.45, 7) is -0.314. The molecular weight excluding hydrogens is 302 g/mol. The number of hydrogen-bond acceptors (Lipinski definition) is 4. The number of aliphatic hydroxyl groups excluding tert-OH is 1. The monoisotopic (exact) mass is 315 g/mol. The van der Waals surface area contributed by atoms with Crippen molar-refractivity contribution in [3.63, 3.8) is 0 Å². The second kappa shape index (κ2) is 5.88. The normalized spacial score (nSPS) is 12.5. The fourth-order valence-electron chi connectivity index (χ4n) is 2.36. The van der Waals surface area contributed by atoms with Crippen molar-refractivity contribution in [2.24, 2.45) is 5.73 Å². The van der Waals surface area contributed by atoms with Crippen LogP contribution >= 0.6 is 11.6 Å². The van der Waals surface area contributed by atoms with Crippen LogP contribution in [0.15, 0.2) is 53.3 Å². The number of para-hydroxylation sites is 1. The van der Waals surface area contributed by atoms with Gasteiger partial charge in [-0.2, -0.15) is 0 Å². The van der Waals surface area contributed by atoms with Crippen LogP contribution in [0.3, 0.4) is 0 Å². The minimum atomic E-state index is -0.767. The molecule has 5 nitrogen and oxygen atoms in total. The standard InChI is InChI=1S/C16H14ClN3O2/c17-11-7-4-8-13-14(11)16(22)20(10-5-2-1-3-6-10)15(19-13)12(18)9-21/h1-8,12,21H,9,18H2/t12-/m0/s1. The molecule has 2 aromatic carbocycles. The van der Waals surface area contributed by atoms with Crippen molar-refractivity contribution < 1.29 is 5.11 Å². The fourth-order valence-corrected chi connectivity index (χ4v) is 2.61. The number of benzene rings is 2. The average molecular weight is 316 g/mol. The van der Waals surface area contributed by atoms with Crippen LogP contribution in [0.25, 0.3) is 16.6 Å². The van der Waals surface area contributed by atoms with E-state index in [0.717, 1.165) is 0 Å². The fraction of sp³-hybridized carbons (Fsp3) is 0.125. The van der Waals surface area contributed by atoms with Crippen LogP contribution in [0.1, 0.15) is 11.9 Å². The molecule has 1 heterocycles. The summed E-state index contributed by atoms with van der Waals surface area (Å²) in [6, 6.07) is 13.3. The predicted molar refractivity (Wildman–Crippen MR) is 86.4 cm³/mol. The third-order valence-electron chi connectivity index (χ3n) is 3.42. The van der Waals surface area contributed by atoms with Crippen molar-refractivity contribution in [1.82, 2.24) is 9.55 Å². The van der Waals surface area contributed by atoms with E-state index in [1.54, 1.807) is 30.3 Å². The Balaban J connectivity index is 2.44. The van der Waals surface area contributed by atoms with Crippen LogP contribution in [0, 0.1) is 0 Å². The Hall–Kier alpha value is -2.21. The second-order valence-electron chi connectivity index (χ2n) is 4.87. The largest absolute Gasteiger partial charge is 0.394 e. The van der Waals surface area contributed by atoms with Crippen molar-refractivity contribution in [2.75, 3.05) is 6.61 Å². The summed E-state index contributed by atoms with van der Waals surface area (Å²) in [4.78, 5) is 17.3. The highest BCUT2D eigenvalue weighted by molar-refractivity contribution is 6.35. The van der Waals surface area contributed by atoms with Crippen molar-refractivity contribution in [3.05, 3.63) is 69.7 Å². The van der Waals surface area contributed by atoms with Gasteiger partial charge in [0.2, 0.25) is 0 Å². The highest BCUT2D eigenvalue weighted by Gasteiger charge is 2.18. The highest BCUT2D eigenvalue weighted by Crippen LogP contribution is 2.22. The van der Waals surface area contributed by atoms with Crippen molar-refractivity contribution in [2.45, 2.75) is 6.04 Å². The molecule has 0 unspecified atom stereocenters. The van der Waals surface area contributed by atoms with Gasteiger partial charge in [0.05, 0.1) is 34.3 Å². The Morgan fingerprint density at radius 1 is 1.18 bits per heavy atom. The molecule has 0 amide bonds. The molecule has 3 rings (SSSR count). The molecule has 112 valence electrons. The topological polar surface area (TPSA) is 81.1 Å². The van der Waals surface area contributed by atoms with Crippen LogP contribution < -0.4 is 11.3 Å². The Morgan fingerprint density at radius 2 is 1.91 bits per heavy atom. The van der Waals surface area contributed by atoms with Gasteiger partial charge in [-0.3, -0.25) is 9.36 Å². The van der Waals surface area contributed by atoms with E-state index < -0.39 is 6.04 Å². The lowest BCUT2D eigenvalue weighted by atomic mass is 10.2. The number of nitrogens with two attached hydrogens (primary N) is 1. The summed E-state index contributed by atoms with van der Waals surface area (Å²) in [6.07, 6.45) is 0. The van der Waals surface area contributed by atoms with E-state index in [2.05, 4.69) is 4.98 Å². The molecule has 0 bridgehead atoms. The third-order valence-corrected chi connectivity index (χ3v) is 3.73. The first-order valence-electron chi connectivity index (χ1n) is 6.76. The van der Waals surface area contributed by atoms with Crippen LogP contribution in [-0.2, 0) is 0 Å².